The molecule has 1 aromatic rings. The van der Waals surface area contributed by atoms with Crippen LogP contribution in [0.5, 0.6) is 0 Å². The van der Waals surface area contributed by atoms with E-state index in [1.54, 1.807) is 0 Å². The van der Waals surface area contributed by atoms with Gasteiger partial charge < -0.3 is 4.57 Å². The fourth-order valence-electron chi connectivity index (χ4n) is 3.28. The summed E-state index contributed by atoms with van der Waals surface area (Å²) in [6.45, 7) is 7.04. The van der Waals surface area contributed by atoms with Crippen molar-refractivity contribution in [3.05, 3.63) is 22.4 Å². The first kappa shape index (κ1) is 17.8. The summed E-state index contributed by atoms with van der Waals surface area (Å²) in [5.41, 5.74) is 1.81. The first-order valence-electron chi connectivity index (χ1n) is 8.36. The van der Waals surface area contributed by atoms with E-state index >= 15 is 0 Å². The lowest BCUT2D eigenvalue weighted by Gasteiger charge is -2.31. The molecule has 0 aromatic carbocycles. The molecule has 0 radical (unpaired) electrons. The molecule has 0 aliphatic carbocycles. The van der Waals surface area contributed by atoms with E-state index in [9.17, 15) is 0 Å². The Morgan fingerprint density at radius 3 is 2.05 bits per heavy atom. The number of rotatable bonds is 10. The van der Waals surface area contributed by atoms with Crippen LogP contribution in [0.2, 0.25) is 0 Å². The van der Waals surface area contributed by atoms with Crippen LogP contribution in [0, 0.1) is 0 Å². The fourth-order valence-corrected chi connectivity index (χ4v) is 4.16. The first-order chi connectivity index (χ1) is 9.55. The van der Waals surface area contributed by atoms with Crippen molar-refractivity contribution in [2.24, 2.45) is 7.05 Å². The second kappa shape index (κ2) is 8.92. The van der Waals surface area contributed by atoms with Gasteiger partial charge in [0.2, 0.25) is 0 Å². The van der Waals surface area contributed by atoms with Crippen molar-refractivity contribution in [3.63, 3.8) is 0 Å². The minimum absolute atomic E-state index is 0.319. The molecule has 1 heterocycles. The third kappa shape index (κ3) is 4.95. The maximum atomic E-state index is 3.76. The molecule has 0 fully saturated rings. The maximum absolute atomic E-state index is 3.76. The Hall–Kier alpha value is -0.240. The number of aryl methyl sites for hydroxylation is 1. The second-order valence-electron chi connectivity index (χ2n) is 6.45. The Morgan fingerprint density at radius 2 is 1.55 bits per heavy atom. The van der Waals surface area contributed by atoms with Crippen LogP contribution >= 0.6 is 15.9 Å². The van der Waals surface area contributed by atoms with Gasteiger partial charge in [-0.1, -0.05) is 65.7 Å². The average Bonchev–Trinajstić information content (AvgIpc) is 2.75. The van der Waals surface area contributed by atoms with Crippen molar-refractivity contribution >= 4 is 15.9 Å². The minimum Gasteiger partial charge on any atom is -0.353 e. The van der Waals surface area contributed by atoms with Crippen LogP contribution in [-0.2, 0) is 12.5 Å². The fraction of sp³-hybridized carbons (Fsp3) is 0.778. The Balaban J connectivity index is 2.77. The lowest BCUT2D eigenvalue weighted by atomic mass is 9.77. The molecule has 1 nitrogen and oxygen atoms in total. The van der Waals surface area contributed by atoms with Crippen LogP contribution in [-0.4, -0.2) is 4.57 Å². The molecule has 0 amide bonds. The molecule has 1 aromatic heterocycles. The van der Waals surface area contributed by atoms with Gasteiger partial charge in [0.25, 0.3) is 0 Å². The minimum atomic E-state index is 0.319. The molecule has 0 saturated heterocycles. The molecule has 0 spiro atoms. The third-order valence-corrected chi connectivity index (χ3v) is 5.15. The molecule has 1 rings (SSSR count). The van der Waals surface area contributed by atoms with E-state index in [0.29, 0.717) is 5.41 Å². The zero-order valence-corrected chi connectivity index (χ0v) is 15.4. The van der Waals surface area contributed by atoms with Gasteiger partial charge >= 0.3 is 0 Å². The van der Waals surface area contributed by atoms with Crippen LogP contribution in [0.3, 0.4) is 0 Å². The van der Waals surface area contributed by atoms with Crippen molar-refractivity contribution in [2.75, 3.05) is 0 Å². The molecular weight excluding hydrogens is 310 g/mol. The van der Waals surface area contributed by atoms with E-state index in [0.717, 1.165) is 0 Å². The highest BCUT2D eigenvalue weighted by Crippen LogP contribution is 2.39. The molecule has 116 valence electrons. The Labute approximate surface area is 134 Å². The molecule has 20 heavy (non-hydrogen) atoms. The van der Waals surface area contributed by atoms with E-state index in [2.05, 4.69) is 60.6 Å². The predicted octanol–water partition coefficient (Wildman–Crippen LogP) is 6.60. The number of nitrogens with zero attached hydrogens (tertiary/aromatic N) is 1. The Kier molecular flexibility index (Phi) is 7.94. The molecule has 1 atom stereocenters. The molecule has 2 heteroatoms. The van der Waals surface area contributed by atoms with Crippen molar-refractivity contribution < 1.29 is 0 Å². The molecule has 0 aliphatic rings. The number of halogens is 1. The number of aromatic nitrogens is 1. The Morgan fingerprint density at radius 1 is 1.00 bits per heavy atom. The van der Waals surface area contributed by atoms with Gasteiger partial charge in [-0.25, -0.2) is 0 Å². The first-order valence-corrected chi connectivity index (χ1v) is 9.15. The molecule has 0 bridgehead atoms. The summed E-state index contributed by atoms with van der Waals surface area (Å²) >= 11 is 3.76. The Bertz CT molecular complexity index is 363. The zero-order valence-electron chi connectivity index (χ0n) is 13.8. The summed E-state index contributed by atoms with van der Waals surface area (Å²) in [4.78, 5) is 0. The SMILES string of the molecule is CCCCCCC(C)(CCCCC)c1c(Br)ccn1C. The molecule has 0 saturated carbocycles. The monoisotopic (exact) mass is 341 g/mol. The van der Waals surface area contributed by atoms with Gasteiger partial charge in [-0.15, -0.1) is 0 Å². The van der Waals surface area contributed by atoms with Gasteiger partial charge in [-0.05, 0) is 34.8 Å². The van der Waals surface area contributed by atoms with Crippen LogP contribution in [0.25, 0.3) is 0 Å². The lowest BCUT2D eigenvalue weighted by molar-refractivity contribution is 0.347. The predicted molar refractivity (Wildman–Crippen MR) is 93.4 cm³/mol. The molecule has 0 N–H and O–H groups in total. The summed E-state index contributed by atoms with van der Waals surface area (Å²) in [6.07, 6.45) is 14.2. The summed E-state index contributed by atoms with van der Waals surface area (Å²) in [5, 5.41) is 0. The smallest absolute Gasteiger partial charge is 0.0390 e. The summed E-state index contributed by atoms with van der Waals surface area (Å²) in [6, 6.07) is 2.19. The van der Waals surface area contributed by atoms with Gasteiger partial charge in [0.1, 0.15) is 0 Å². The van der Waals surface area contributed by atoms with Crippen LogP contribution in [0.15, 0.2) is 16.7 Å². The third-order valence-electron chi connectivity index (χ3n) is 4.51. The van der Waals surface area contributed by atoms with Crippen molar-refractivity contribution in [3.8, 4) is 0 Å². The molecular formula is C18H32BrN. The van der Waals surface area contributed by atoms with Crippen LogP contribution in [0.4, 0.5) is 0 Å². The van der Waals surface area contributed by atoms with Gasteiger partial charge in [0.05, 0.1) is 0 Å². The van der Waals surface area contributed by atoms with Crippen molar-refractivity contribution in [1.82, 2.24) is 4.57 Å². The second-order valence-corrected chi connectivity index (χ2v) is 7.31. The highest BCUT2D eigenvalue weighted by Gasteiger charge is 2.30. The van der Waals surface area contributed by atoms with Crippen molar-refractivity contribution in [1.29, 1.82) is 0 Å². The van der Waals surface area contributed by atoms with Crippen LogP contribution < -0.4 is 0 Å². The summed E-state index contributed by atoms with van der Waals surface area (Å²) in [5.74, 6) is 0. The zero-order chi connectivity index (χ0) is 15.0. The average molecular weight is 342 g/mol. The number of unbranched alkanes of at least 4 members (excludes halogenated alkanes) is 5. The summed E-state index contributed by atoms with van der Waals surface area (Å²) < 4.78 is 3.60. The normalized spacial score (nSPS) is 14.4. The van der Waals surface area contributed by atoms with E-state index in [4.69, 9.17) is 0 Å². The van der Waals surface area contributed by atoms with Gasteiger partial charge in [0, 0.05) is 28.8 Å². The molecule has 1 unspecified atom stereocenters. The van der Waals surface area contributed by atoms with E-state index in [1.165, 1.54) is 68.0 Å². The number of hydrogen-bond donors (Lipinski definition) is 0. The lowest BCUT2D eigenvalue weighted by Crippen LogP contribution is -2.25. The largest absolute Gasteiger partial charge is 0.353 e. The quantitative estimate of drug-likeness (QED) is 0.422. The number of hydrogen-bond acceptors (Lipinski definition) is 0. The topological polar surface area (TPSA) is 4.93 Å². The van der Waals surface area contributed by atoms with Gasteiger partial charge in [0.15, 0.2) is 0 Å². The highest BCUT2D eigenvalue weighted by atomic mass is 79.9. The van der Waals surface area contributed by atoms with Crippen LogP contribution in [0.1, 0.15) is 84.3 Å². The van der Waals surface area contributed by atoms with E-state index < -0.39 is 0 Å². The van der Waals surface area contributed by atoms with Crippen molar-refractivity contribution in [2.45, 2.75) is 84.0 Å². The maximum Gasteiger partial charge on any atom is 0.0390 e. The van der Waals surface area contributed by atoms with Gasteiger partial charge in [-0.2, -0.15) is 0 Å². The highest BCUT2D eigenvalue weighted by molar-refractivity contribution is 9.10. The summed E-state index contributed by atoms with van der Waals surface area (Å²) in [7, 11) is 2.18. The van der Waals surface area contributed by atoms with Gasteiger partial charge in [-0.3, -0.25) is 0 Å². The standard InChI is InChI=1S/C18H32BrN/c1-5-7-9-11-14-18(3,13-10-8-6-2)17-16(19)12-15-20(17)4/h12,15H,5-11,13-14H2,1-4H3. The van der Waals surface area contributed by atoms with E-state index in [1.807, 2.05) is 0 Å². The van der Waals surface area contributed by atoms with E-state index in [-0.39, 0.29) is 0 Å². The molecule has 0 aliphatic heterocycles.